The maximum atomic E-state index is 12.3. The number of fused-ring (bicyclic) bond motifs is 1. The topological polar surface area (TPSA) is 73.2 Å². The minimum atomic E-state index is -3.34. The molecule has 0 aliphatic carbocycles. The summed E-state index contributed by atoms with van der Waals surface area (Å²) in [6, 6.07) is 11.9. The summed E-state index contributed by atoms with van der Waals surface area (Å²) in [5.41, 5.74) is 1.09. The van der Waals surface area contributed by atoms with Gasteiger partial charge in [0.25, 0.3) is 0 Å². The standard InChI is InChI=1S/C19H23N3O3S/c1-15(21-26(23,24)10-9-22-8-7-20-14-22)11-16-3-4-18-13-19(25-2)6-5-17(18)12-16/h3-8,12-15,21H,9-11H2,1-2H3/t15-/m1/s1. The Morgan fingerprint density at radius 3 is 2.69 bits per heavy atom. The second kappa shape index (κ2) is 7.88. The SMILES string of the molecule is COc1ccc2cc(C[C@@H](C)NS(=O)(=O)CCn3ccnc3)ccc2c1. The molecule has 0 spiro atoms. The molecular formula is C19H23N3O3S. The molecule has 0 amide bonds. The van der Waals surface area contributed by atoms with Crippen LogP contribution in [0, 0.1) is 0 Å². The summed E-state index contributed by atoms with van der Waals surface area (Å²) in [7, 11) is -1.69. The average molecular weight is 373 g/mol. The molecule has 0 bridgehead atoms. The highest BCUT2D eigenvalue weighted by Gasteiger charge is 2.15. The van der Waals surface area contributed by atoms with Crippen molar-refractivity contribution >= 4 is 20.8 Å². The van der Waals surface area contributed by atoms with E-state index in [-0.39, 0.29) is 11.8 Å². The van der Waals surface area contributed by atoms with E-state index in [1.807, 2.05) is 37.3 Å². The Hall–Kier alpha value is -2.38. The normalized spacial score (nSPS) is 13.0. The van der Waals surface area contributed by atoms with E-state index in [0.717, 1.165) is 22.1 Å². The maximum Gasteiger partial charge on any atom is 0.213 e. The molecule has 3 rings (SSSR count). The summed E-state index contributed by atoms with van der Waals surface area (Å²) in [6.07, 6.45) is 5.64. The zero-order valence-corrected chi connectivity index (χ0v) is 15.7. The van der Waals surface area contributed by atoms with E-state index in [4.69, 9.17) is 4.74 Å². The number of sulfonamides is 1. The molecule has 1 aromatic heterocycles. The van der Waals surface area contributed by atoms with Crippen molar-refractivity contribution in [3.05, 3.63) is 60.7 Å². The fourth-order valence-corrected chi connectivity index (χ4v) is 4.20. The van der Waals surface area contributed by atoms with Crippen molar-refractivity contribution in [1.82, 2.24) is 14.3 Å². The molecule has 0 saturated heterocycles. The van der Waals surface area contributed by atoms with Crippen molar-refractivity contribution in [3.8, 4) is 5.75 Å². The van der Waals surface area contributed by atoms with E-state index in [1.165, 1.54) is 0 Å². The van der Waals surface area contributed by atoms with Crippen LogP contribution >= 0.6 is 0 Å². The van der Waals surface area contributed by atoms with Gasteiger partial charge in [0.05, 0.1) is 19.2 Å². The van der Waals surface area contributed by atoms with Crippen molar-refractivity contribution in [2.75, 3.05) is 12.9 Å². The molecule has 0 aliphatic heterocycles. The largest absolute Gasteiger partial charge is 0.497 e. The molecule has 3 aromatic rings. The van der Waals surface area contributed by atoms with Gasteiger partial charge in [0.15, 0.2) is 0 Å². The van der Waals surface area contributed by atoms with Gasteiger partial charge in [0, 0.05) is 25.0 Å². The van der Waals surface area contributed by atoms with Gasteiger partial charge in [-0.15, -0.1) is 0 Å². The predicted molar refractivity (Wildman–Crippen MR) is 103 cm³/mol. The third-order valence-electron chi connectivity index (χ3n) is 4.21. The van der Waals surface area contributed by atoms with Crippen LogP contribution in [0.4, 0.5) is 0 Å². The Morgan fingerprint density at radius 2 is 1.96 bits per heavy atom. The molecule has 1 heterocycles. The van der Waals surface area contributed by atoms with E-state index in [9.17, 15) is 8.42 Å². The first kappa shape index (κ1) is 18.4. The second-order valence-corrected chi connectivity index (χ2v) is 8.26. The number of rotatable bonds is 8. The molecule has 7 heteroatoms. The molecule has 6 nitrogen and oxygen atoms in total. The van der Waals surface area contributed by atoms with Gasteiger partial charge in [-0.3, -0.25) is 0 Å². The van der Waals surface area contributed by atoms with Gasteiger partial charge >= 0.3 is 0 Å². The fourth-order valence-electron chi connectivity index (χ4n) is 2.93. The van der Waals surface area contributed by atoms with Gasteiger partial charge in [-0.25, -0.2) is 18.1 Å². The third-order valence-corrected chi connectivity index (χ3v) is 5.69. The Morgan fingerprint density at radius 1 is 1.19 bits per heavy atom. The quantitative estimate of drug-likeness (QED) is 0.659. The Balaban J connectivity index is 1.61. The molecule has 26 heavy (non-hydrogen) atoms. The monoisotopic (exact) mass is 373 g/mol. The van der Waals surface area contributed by atoms with Crippen LogP contribution in [0.1, 0.15) is 12.5 Å². The summed E-state index contributed by atoms with van der Waals surface area (Å²) >= 11 is 0. The molecule has 0 saturated carbocycles. The number of nitrogens with one attached hydrogen (secondary N) is 1. The van der Waals surface area contributed by atoms with E-state index < -0.39 is 10.0 Å². The molecular weight excluding hydrogens is 350 g/mol. The van der Waals surface area contributed by atoms with Crippen molar-refractivity contribution in [2.24, 2.45) is 0 Å². The predicted octanol–water partition coefficient (Wildman–Crippen LogP) is 2.60. The van der Waals surface area contributed by atoms with Crippen LogP contribution < -0.4 is 9.46 Å². The summed E-state index contributed by atoms with van der Waals surface area (Å²) in [5, 5.41) is 2.21. The van der Waals surface area contributed by atoms with Crippen molar-refractivity contribution < 1.29 is 13.2 Å². The first-order valence-corrected chi connectivity index (χ1v) is 10.1. The van der Waals surface area contributed by atoms with E-state index in [0.29, 0.717) is 13.0 Å². The van der Waals surface area contributed by atoms with Crippen LogP contribution in [0.5, 0.6) is 5.75 Å². The molecule has 0 fully saturated rings. The number of imidazole rings is 1. The molecule has 2 aromatic carbocycles. The lowest BCUT2D eigenvalue weighted by Gasteiger charge is -2.15. The van der Waals surface area contributed by atoms with Crippen LogP contribution in [0.2, 0.25) is 0 Å². The van der Waals surface area contributed by atoms with Crippen LogP contribution in [0.3, 0.4) is 0 Å². The van der Waals surface area contributed by atoms with Gasteiger partial charge in [-0.2, -0.15) is 0 Å². The van der Waals surface area contributed by atoms with E-state index in [2.05, 4.69) is 15.8 Å². The zero-order valence-electron chi connectivity index (χ0n) is 14.9. The highest BCUT2D eigenvalue weighted by Crippen LogP contribution is 2.22. The summed E-state index contributed by atoms with van der Waals surface area (Å²) in [5.74, 6) is 0.856. The highest BCUT2D eigenvalue weighted by atomic mass is 32.2. The lowest BCUT2D eigenvalue weighted by Crippen LogP contribution is -2.36. The lowest BCUT2D eigenvalue weighted by atomic mass is 10.0. The minimum Gasteiger partial charge on any atom is -0.497 e. The Labute approximate surface area is 153 Å². The van der Waals surface area contributed by atoms with Gasteiger partial charge in [0.1, 0.15) is 5.75 Å². The van der Waals surface area contributed by atoms with Gasteiger partial charge in [-0.05, 0) is 41.8 Å². The lowest BCUT2D eigenvalue weighted by molar-refractivity contribution is 0.415. The van der Waals surface area contributed by atoms with Crippen LogP contribution in [0.25, 0.3) is 10.8 Å². The molecule has 138 valence electrons. The molecule has 0 aliphatic rings. The van der Waals surface area contributed by atoms with Crippen LogP contribution in [-0.4, -0.2) is 36.9 Å². The van der Waals surface area contributed by atoms with E-state index >= 15 is 0 Å². The zero-order chi connectivity index (χ0) is 18.6. The second-order valence-electron chi connectivity index (χ2n) is 6.39. The number of aromatic nitrogens is 2. The average Bonchev–Trinajstić information content (AvgIpc) is 3.12. The van der Waals surface area contributed by atoms with Gasteiger partial charge < -0.3 is 9.30 Å². The number of aryl methyl sites for hydroxylation is 1. The van der Waals surface area contributed by atoms with Crippen LogP contribution in [-0.2, 0) is 23.0 Å². The fraction of sp³-hybridized carbons (Fsp3) is 0.316. The number of methoxy groups -OCH3 is 1. The van der Waals surface area contributed by atoms with Gasteiger partial charge in [-0.1, -0.05) is 24.3 Å². The first-order chi connectivity index (χ1) is 12.4. The van der Waals surface area contributed by atoms with Gasteiger partial charge in [0.2, 0.25) is 10.0 Å². The third kappa shape index (κ3) is 4.83. The molecule has 1 N–H and O–H groups in total. The Kier molecular flexibility index (Phi) is 5.58. The number of nitrogens with zero attached hydrogens (tertiary/aromatic N) is 2. The highest BCUT2D eigenvalue weighted by molar-refractivity contribution is 7.89. The van der Waals surface area contributed by atoms with Crippen molar-refractivity contribution in [1.29, 1.82) is 0 Å². The summed E-state index contributed by atoms with van der Waals surface area (Å²) in [6.45, 7) is 2.27. The number of ether oxygens (including phenoxy) is 1. The van der Waals surface area contributed by atoms with Crippen molar-refractivity contribution in [3.63, 3.8) is 0 Å². The summed E-state index contributed by atoms with van der Waals surface area (Å²) < 4.78 is 34.2. The summed E-state index contributed by atoms with van der Waals surface area (Å²) in [4.78, 5) is 3.92. The number of hydrogen-bond donors (Lipinski definition) is 1. The van der Waals surface area contributed by atoms with Crippen LogP contribution in [0.15, 0.2) is 55.1 Å². The van der Waals surface area contributed by atoms with Crippen molar-refractivity contribution in [2.45, 2.75) is 25.9 Å². The molecule has 1 atom stereocenters. The van der Waals surface area contributed by atoms with E-state index in [1.54, 1.807) is 30.4 Å². The molecule has 0 unspecified atom stereocenters. The Bertz CT molecular complexity index is 969. The smallest absolute Gasteiger partial charge is 0.213 e. The minimum absolute atomic E-state index is 0.0330. The first-order valence-electron chi connectivity index (χ1n) is 8.47. The number of hydrogen-bond acceptors (Lipinski definition) is 4. The number of benzene rings is 2. The molecule has 0 radical (unpaired) electrons. The maximum absolute atomic E-state index is 12.3.